The highest BCUT2D eigenvalue weighted by molar-refractivity contribution is 5.46. The van der Waals surface area contributed by atoms with Gasteiger partial charge in [-0.25, -0.2) is 4.85 Å². The average molecular weight is 241 g/mol. The van der Waals surface area contributed by atoms with Crippen LogP contribution in [0.25, 0.3) is 4.85 Å². The molecular weight excluding hydrogens is 222 g/mol. The molecule has 3 rings (SSSR count). The molecule has 2 aliphatic rings. The minimum absolute atomic E-state index is 0.397. The molecule has 2 aliphatic heterocycles. The molecule has 2 heterocycles. The van der Waals surface area contributed by atoms with E-state index >= 15 is 0 Å². The number of hydrogen-bond donors (Lipinski definition) is 1. The van der Waals surface area contributed by atoms with Crippen LogP contribution in [0.2, 0.25) is 0 Å². The Kier molecular flexibility index (Phi) is 3.07. The number of rotatable bonds is 2. The van der Waals surface area contributed by atoms with Gasteiger partial charge in [0.05, 0.1) is 6.57 Å². The molecular formula is C15H19N3. The first-order valence-electron chi connectivity index (χ1n) is 6.74. The highest BCUT2D eigenvalue weighted by Gasteiger charge is 2.39. The highest BCUT2D eigenvalue weighted by Crippen LogP contribution is 2.36. The van der Waals surface area contributed by atoms with Gasteiger partial charge in [-0.05, 0) is 31.2 Å². The van der Waals surface area contributed by atoms with Crippen LogP contribution < -0.4 is 5.73 Å². The van der Waals surface area contributed by atoms with Crippen LogP contribution in [0.3, 0.4) is 0 Å². The van der Waals surface area contributed by atoms with Gasteiger partial charge < -0.3 is 5.73 Å². The smallest absolute Gasteiger partial charge is 0.187 e. The van der Waals surface area contributed by atoms with E-state index in [9.17, 15) is 0 Å². The van der Waals surface area contributed by atoms with Gasteiger partial charge >= 0.3 is 0 Å². The van der Waals surface area contributed by atoms with Crippen molar-refractivity contribution in [2.75, 3.05) is 0 Å². The van der Waals surface area contributed by atoms with Crippen LogP contribution in [0.15, 0.2) is 24.3 Å². The molecule has 0 saturated carbocycles. The van der Waals surface area contributed by atoms with Crippen LogP contribution >= 0.6 is 0 Å². The summed E-state index contributed by atoms with van der Waals surface area (Å²) in [6.07, 6.45) is 4.86. The first-order valence-corrected chi connectivity index (χ1v) is 6.74. The third kappa shape index (κ3) is 2.14. The first kappa shape index (κ1) is 11.7. The molecule has 2 atom stereocenters. The summed E-state index contributed by atoms with van der Waals surface area (Å²) in [5.74, 6) is 0. The molecule has 1 aromatic rings. The van der Waals surface area contributed by atoms with Gasteiger partial charge in [-0.2, -0.15) is 0 Å². The van der Waals surface area contributed by atoms with Crippen LogP contribution in [-0.4, -0.2) is 23.0 Å². The van der Waals surface area contributed by atoms with Crippen molar-refractivity contribution in [3.8, 4) is 0 Å². The summed E-state index contributed by atoms with van der Waals surface area (Å²) in [5.41, 5.74) is 8.09. The predicted molar refractivity (Wildman–Crippen MR) is 72.3 cm³/mol. The molecule has 3 heteroatoms. The second-order valence-electron chi connectivity index (χ2n) is 5.57. The van der Waals surface area contributed by atoms with E-state index in [1.165, 1.54) is 18.4 Å². The molecule has 1 aromatic carbocycles. The molecule has 2 unspecified atom stereocenters. The lowest BCUT2D eigenvalue weighted by molar-refractivity contribution is 0.120. The van der Waals surface area contributed by atoms with Crippen LogP contribution in [-0.2, 0) is 6.54 Å². The molecule has 18 heavy (non-hydrogen) atoms. The van der Waals surface area contributed by atoms with E-state index in [4.69, 9.17) is 12.3 Å². The third-order valence-electron chi connectivity index (χ3n) is 4.33. The normalized spacial score (nSPS) is 31.2. The van der Waals surface area contributed by atoms with Crippen LogP contribution in [0.4, 0.5) is 5.69 Å². The topological polar surface area (TPSA) is 33.6 Å². The van der Waals surface area contributed by atoms with Crippen molar-refractivity contribution in [1.29, 1.82) is 0 Å². The van der Waals surface area contributed by atoms with Gasteiger partial charge in [-0.15, -0.1) is 0 Å². The van der Waals surface area contributed by atoms with Gasteiger partial charge in [0.2, 0.25) is 0 Å². The van der Waals surface area contributed by atoms with Crippen LogP contribution in [0.5, 0.6) is 0 Å². The first-order chi connectivity index (χ1) is 8.76. The van der Waals surface area contributed by atoms with Crippen molar-refractivity contribution < 1.29 is 0 Å². The van der Waals surface area contributed by atoms with Crippen molar-refractivity contribution in [1.82, 2.24) is 4.90 Å². The maximum absolute atomic E-state index is 7.07. The number of nitrogens with two attached hydrogens (primary N) is 1. The van der Waals surface area contributed by atoms with E-state index in [1.54, 1.807) is 0 Å². The molecule has 0 radical (unpaired) electrons. The zero-order chi connectivity index (χ0) is 12.5. The molecule has 0 amide bonds. The lowest BCUT2D eigenvalue weighted by Gasteiger charge is -2.37. The van der Waals surface area contributed by atoms with E-state index in [0.717, 1.165) is 25.1 Å². The summed E-state index contributed by atoms with van der Waals surface area (Å²) in [5, 5.41) is 0. The van der Waals surface area contributed by atoms with Crippen LogP contribution in [0.1, 0.15) is 31.2 Å². The average Bonchev–Trinajstić information content (AvgIpc) is 2.62. The zero-order valence-corrected chi connectivity index (χ0v) is 10.5. The lowest BCUT2D eigenvalue weighted by Crippen LogP contribution is -2.46. The minimum atomic E-state index is 0.397. The van der Waals surface area contributed by atoms with E-state index in [2.05, 4.69) is 15.8 Å². The molecule has 2 fully saturated rings. The molecule has 0 aromatic heterocycles. The number of benzene rings is 1. The van der Waals surface area contributed by atoms with E-state index in [1.807, 2.05) is 18.2 Å². The summed E-state index contributed by atoms with van der Waals surface area (Å²) in [4.78, 5) is 6.11. The van der Waals surface area contributed by atoms with E-state index in [-0.39, 0.29) is 0 Å². The molecule has 2 saturated heterocycles. The molecule has 2 bridgehead atoms. The van der Waals surface area contributed by atoms with Crippen LogP contribution in [0, 0.1) is 6.57 Å². The van der Waals surface area contributed by atoms with Gasteiger partial charge in [-0.3, -0.25) is 4.90 Å². The number of piperidine rings is 1. The van der Waals surface area contributed by atoms with Gasteiger partial charge in [0.15, 0.2) is 5.69 Å². The van der Waals surface area contributed by atoms with Crippen molar-refractivity contribution in [2.45, 2.75) is 50.4 Å². The standard InChI is InChI=1S/C15H19N3/c1-17-13-4-2-3-11(7-13)10-18-14-5-6-15(18)9-12(16)8-14/h2-4,7,12,14-15H,5-6,8-10,16H2. The van der Waals surface area contributed by atoms with Crippen molar-refractivity contribution in [3.05, 3.63) is 41.2 Å². The summed E-state index contributed by atoms with van der Waals surface area (Å²) < 4.78 is 0. The van der Waals surface area contributed by atoms with Gasteiger partial charge in [0.25, 0.3) is 0 Å². The predicted octanol–water partition coefficient (Wildman–Crippen LogP) is 2.69. The highest BCUT2D eigenvalue weighted by atomic mass is 15.2. The minimum Gasteiger partial charge on any atom is -0.328 e. The molecule has 3 nitrogen and oxygen atoms in total. The Labute approximate surface area is 108 Å². The Balaban J connectivity index is 1.75. The molecule has 94 valence electrons. The lowest BCUT2D eigenvalue weighted by atomic mass is 9.97. The Morgan fingerprint density at radius 2 is 2.00 bits per heavy atom. The fourth-order valence-electron chi connectivity index (χ4n) is 3.51. The number of hydrogen-bond acceptors (Lipinski definition) is 2. The summed E-state index contributed by atoms with van der Waals surface area (Å²) in [6, 6.07) is 9.72. The van der Waals surface area contributed by atoms with E-state index < -0.39 is 0 Å². The maximum Gasteiger partial charge on any atom is 0.187 e. The fraction of sp³-hybridized carbons (Fsp3) is 0.533. The van der Waals surface area contributed by atoms with Gasteiger partial charge in [-0.1, -0.05) is 24.3 Å². The maximum atomic E-state index is 7.07. The second kappa shape index (κ2) is 4.72. The van der Waals surface area contributed by atoms with Gasteiger partial charge in [0, 0.05) is 24.7 Å². The fourth-order valence-corrected chi connectivity index (χ4v) is 3.51. The number of nitrogens with zero attached hydrogens (tertiary/aromatic N) is 2. The molecule has 2 N–H and O–H groups in total. The van der Waals surface area contributed by atoms with Gasteiger partial charge in [0.1, 0.15) is 0 Å². The SMILES string of the molecule is [C-]#[N+]c1cccc(CN2C3CCC2CC(N)C3)c1. The monoisotopic (exact) mass is 241 g/mol. The second-order valence-corrected chi connectivity index (χ2v) is 5.57. The quantitative estimate of drug-likeness (QED) is 0.808. The van der Waals surface area contributed by atoms with Crippen molar-refractivity contribution in [3.63, 3.8) is 0 Å². The summed E-state index contributed by atoms with van der Waals surface area (Å²) in [7, 11) is 0. The Bertz CT molecular complexity index is 463. The van der Waals surface area contributed by atoms with E-state index in [0.29, 0.717) is 18.1 Å². The largest absolute Gasteiger partial charge is 0.328 e. The summed E-state index contributed by atoms with van der Waals surface area (Å²) in [6.45, 7) is 8.05. The Morgan fingerprint density at radius 1 is 1.28 bits per heavy atom. The molecule has 0 spiro atoms. The third-order valence-corrected chi connectivity index (χ3v) is 4.33. The molecule has 0 aliphatic carbocycles. The van der Waals surface area contributed by atoms with Crippen molar-refractivity contribution in [2.24, 2.45) is 5.73 Å². The summed E-state index contributed by atoms with van der Waals surface area (Å²) >= 11 is 0. The Morgan fingerprint density at radius 3 is 2.67 bits per heavy atom. The number of fused-ring (bicyclic) bond motifs is 2. The zero-order valence-electron chi connectivity index (χ0n) is 10.5. The van der Waals surface area contributed by atoms with Crippen molar-refractivity contribution >= 4 is 5.69 Å². The Hall–Kier alpha value is -1.37.